The Labute approximate surface area is 103 Å². The second-order valence-electron chi connectivity index (χ2n) is 4.37. The van der Waals surface area contributed by atoms with Crippen LogP contribution in [-0.2, 0) is 16.0 Å². The highest BCUT2D eigenvalue weighted by Crippen LogP contribution is 2.43. The molecule has 0 heterocycles. The fourth-order valence-electron chi connectivity index (χ4n) is 2.36. The predicted molar refractivity (Wildman–Crippen MR) is 59.7 cm³/mol. The number of carbonyl (C=O) groups is 2. The molecule has 1 aliphatic carbocycles. The molecule has 0 N–H and O–H groups in total. The second-order valence-corrected chi connectivity index (χ2v) is 4.37. The highest BCUT2D eigenvalue weighted by Gasteiger charge is 2.59. The molecule has 1 aromatic carbocycles. The third-order valence-electron chi connectivity index (χ3n) is 3.44. The summed E-state index contributed by atoms with van der Waals surface area (Å²) in [6.45, 7) is 1.73. The molecule has 1 unspecified atom stereocenters. The van der Waals surface area contributed by atoms with Crippen LogP contribution in [0.3, 0.4) is 0 Å². The molecule has 0 aromatic heterocycles. The number of esters is 1. The van der Waals surface area contributed by atoms with Crippen LogP contribution in [-0.4, -0.2) is 25.3 Å². The maximum Gasteiger partial charge on any atom is 0.326 e. The number of halogens is 2. The first kappa shape index (κ1) is 12.7. The van der Waals surface area contributed by atoms with E-state index in [1.807, 2.05) is 0 Å². The molecule has 0 aliphatic heterocycles. The van der Waals surface area contributed by atoms with Gasteiger partial charge in [0.05, 0.1) is 7.11 Å². The van der Waals surface area contributed by atoms with Crippen LogP contribution < -0.4 is 0 Å². The molecule has 1 aliphatic rings. The lowest BCUT2D eigenvalue weighted by atomic mass is 9.84. The van der Waals surface area contributed by atoms with Gasteiger partial charge < -0.3 is 4.74 Å². The first-order valence-electron chi connectivity index (χ1n) is 5.45. The summed E-state index contributed by atoms with van der Waals surface area (Å²) in [6.07, 6.45) is -3.37. The monoisotopic (exact) mass is 254 g/mol. The zero-order valence-electron chi connectivity index (χ0n) is 10.00. The van der Waals surface area contributed by atoms with Gasteiger partial charge in [-0.2, -0.15) is 0 Å². The van der Waals surface area contributed by atoms with Crippen LogP contribution in [0, 0.1) is 12.3 Å². The predicted octanol–water partition coefficient (Wildman–Crippen LogP) is 2.16. The maximum absolute atomic E-state index is 13.3. The Kier molecular flexibility index (Phi) is 2.92. The number of ketones is 1. The van der Waals surface area contributed by atoms with Gasteiger partial charge in [-0.05, 0) is 18.1 Å². The molecule has 3 nitrogen and oxygen atoms in total. The highest BCUT2D eigenvalue weighted by molar-refractivity contribution is 6.16. The summed E-state index contributed by atoms with van der Waals surface area (Å²) < 4.78 is 30.9. The standard InChI is InChI=1S/C13H12F2O3/c1-7-4-3-5-8-9(7)6-13(10(8)16,11(14)15)12(17)18-2/h3-5,11H,6H2,1-2H3. The first-order chi connectivity index (χ1) is 8.45. The minimum atomic E-state index is -3.08. The number of aryl methyl sites for hydroxylation is 1. The van der Waals surface area contributed by atoms with Crippen molar-refractivity contribution in [2.75, 3.05) is 7.11 Å². The number of carbonyl (C=O) groups excluding carboxylic acids is 2. The van der Waals surface area contributed by atoms with Crippen molar-refractivity contribution in [2.45, 2.75) is 19.8 Å². The van der Waals surface area contributed by atoms with Crippen LogP contribution in [0.15, 0.2) is 18.2 Å². The van der Waals surface area contributed by atoms with Crippen molar-refractivity contribution < 1.29 is 23.1 Å². The zero-order valence-corrected chi connectivity index (χ0v) is 10.00. The largest absolute Gasteiger partial charge is 0.468 e. The topological polar surface area (TPSA) is 43.4 Å². The Morgan fingerprint density at radius 1 is 1.44 bits per heavy atom. The molecule has 0 spiro atoms. The summed E-state index contributed by atoms with van der Waals surface area (Å²) in [6, 6.07) is 4.81. The molecule has 0 saturated carbocycles. The zero-order chi connectivity index (χ0) is 13.5. The Morgan fingerprint density at radius 2 is 2.11 bits per heavy atom. The van der Waals surface area contributed by atoms with E-state index < -0.39 is 23.6 Å². The van der Waals surface area contributed by atoms with Gasteiger partial charge in [0.25, 0.3) is 6.43 Å². The fourth-order valence-corrected chi connectivity index (χ4v) is 2.36. The molecule has 1 atom stereocenters. The number of rotatable bonds is 2. The lowest BCUT2D eigenvalue weighted by Crippen LogP contribution is -2.44. The Balaban J connectivity index is 2.60. The quantitative estimate of drug-likeness (QED) is 0.600. The van der Waals surface area contributed by atoms with Gasteiger partial charge in [0.2, 0.25) is 0 Å². The van der Waals surface area contributed by atoms with Gasteiger partial charge in [-0.3, -0.25) is 9.59 Å². The molecule has 0 radical (unpaired) electrons. The number of methoxy groups -OCH3 is 1. The van der Waals surface area contributed by atoms with Gasteiger partial charge in [0.1, 0.15) is 0 Å². The normalized spacial score (nSPS) is 22.2. The number of ether oxygens (including phenoxy) is 1. The lowest BCUT2D eigenvalue weighted by Gasteiger charge is -2.22. The second kappa shape index (κ2) is 4.15. The van der Waals surface area contributed by atoms with Crippen molar-refractivity contribution >= 4 is 11.8 Å². The van der Waals surface area contributed by atoms with Crippen molar-refractivity contribution in [1.82, 2.24) is 0 Å². The Bertz CT molecular complexity index is 525. The molecule has 0 fully saturated rings. The summed E-state index contributed by atoms with van der Waals surface area (Å²) in [5, 5.41) is 0. The highest BCUT2D eigenvalue weighted by atomic mass is 19.3. The van der Waals surface area contributed by atoms with Gasteiger partial charge in [-0.25, -0.2) is 8.78 Å². The summed E-state index contributed by atoms with van der Waals surface area (Å²) in [7, 11) is 1.01. The van der Waals surface area contributed by atoms with Gasteiger partial charge in [0.15, 0.2) is 11.2 Å². The van der Waals surface area contributed by atoms with Crippen LogP contribution in [0.25, 0.3) is 0 Å². The van der Waals surface area contributed by atoms with E-state index in [2.05, 4.69) is 4.74 Å². The number of benzene rings is 1. The van der Waals surface area contributed by atoms with Crippen LogP contribution >= 0.6 is 0 Å². The van der Waals surface area contributed by atoms with Crippen LogP contribution in [0.1, 0.15) is 21.5 Å². The average molecular weight is 254 g/mol. The van der Waals surface area contributed by atoms with E-state index in [0.717, 1.165) is 12.7 Å². The maximum atomic E-state index is 13.3. The molecule has 96 valence electrons. The van der Waals surface area contributed by atoms with Crippen molar-refractivity contribution in [3.8, 4) is 0 Å². The van der Waals surface area contributed by atoms with Gasteiger partial charge >= 0.3 is 5.97 Å². The minimum Gasteiger partial charge on any atom is -0.468 e. The summed E-state index contributed by atoms with van der Waals surface area (Å²) in [5.41, 5.74) is -0.940. The summed E-state index contributed by atoms with van der Waals surface area (Å²) in [4.78, 5) is 23.8. The van der Waals surface area contributed by atoms with Gasteiger partial charge in [0, 0.05) is 12.0 Å². The average Bonchev–Trinajstić information content (AvgIpc) is 2.65. The number of alkyl halides is 2. The number of hydrogen-bond acceptors (Lipinski definition) is 3. The van der Waals surface area contributed by atoms with Crippen molar-refractivity contribution in [1.29, 1.82) is 0 Å². The van der Waals surface area contributed by atoms with E-state index in [1.54, 1.807) is 19.1 Å². The molecule has 0 bridgehead atoms. The molecule has 0 saturated heterocycles. The van der Waals surface area contributed by atoms with Crippen LogP contribution in [0.4, 0.5) is 8.78 Å². The minimum absolute atomic E-state index is 0.195. The van der Waals surface area contributed by atoms with Crippen molar-refractivity contribution in [3.63, 3.8) is 0 Å². The molecule has 5 heteroatoms. The van der Waals surface area contributed by atoms with E-state index >= 15 is 0 Å². The fraction of sp³-hybridized carbons (Fsp3) is 0.385. The van der Waals surface area contributed by atoms with Crippen LogP contribution in [0.5, 0.6) is 0 Å². The molecule has 2 rings (SSSR count). The van der Waals surface area contributed by atoms with E-state index in [-0.39, 0.29) is 12.0 Å². The van der Waals surface area contributed by atoms with Crippen LogP contribution in [0.2, 0.25) is 0 Å². The number of hydrogen-bond donors (Lipinski definition) is 0. The lowest BCUT2D eigenvalue weighted by molar-refractivity contribution is -0.157. The molecule has 1 aromatic rings. The van der Waals surface area contributed by atoms with Crippen molar-refractivity contribution in [2.24, 2.45) is 5.41 Å². The van der Waals surface area contributed by atoms with E-state index in [4.69, 9.17) is 0 Å². The SMILES string of the molecule is COC(=O)C1(C(F)F)Cc2c(C)cccc2C1=O. The molecule has 0 amide bonds. The van der Waals surface area contributed by atoms with E-state index in [1.165, 1.54) is 6.07 Å². The number of Topliss-reactive ketones (excluding diaryl/α,β-unsaturated/α-hetero) is 1. The van der Waals surface area contributed by atoms with E-state index in [0.29, 0.717) is 5.56 Å². The summed E-state index contributed by atoms with van der Waals surface area (Å²) in [5.74, 6) is -2.01. The van der Waals surface area contributed by atoms with Gasteiger partial charge in [-0.1, -0.05) is 18.2 Å². The molecule has 18 heavy (non-hydrogen) atoms. The molecular weight excluding hydrogens is 242 g/mol. The smallest absolute Gasteiger partial charge is 0.326 e. The van der Waals surface area contributed by atoms with Crippen molar-refractivity contribution in [3.05, 3.63) is 34.9 Å². The van der Waals surface area contributed by atoms with E-state index in [9.17, 15) is 18.4 Å². The van der Waals surface area contributed by atoms with Gasteiger partial charge in [-0.15, -0.1) is 0 Å². The summed E-state index contributed by atoms with van der Waals surface area (Å²) >= 11 is 0. The number of fused-ring (bicyclic) bond motifs is 1. The Morgan fingerprint density at radius 3 is 2.61 bits per heavy atom. The first-order valence-corrected chi connectivity index (χ1v) is 5.45. The Hall–Kier alpha value is -1.78. The third-order valence-corrected chi connectivity index (χ3v) is 3.44. The molecular formula is C13H12F2O3. The third kappa shape index (κ3) is 1.46.